The van der Waals surface area contributed by atoms with E-state index in [9.17, 15) is 9.59 Å². The molecular formula is C20H20N6O4S. The molecule has 0 aliphatic carbocycles. The minimum atomic E-state index is -0.631. The Kier molecular flexibility index (Phi) is 6.03. The van der Waals surface area contributed by atoms with Gasteiger partial charge in [-0.1, -0.05) is 11.8 Å². The van der Waals surface area contributed by atoms with Crippen molar-refractivity contribution in [3.05, 3.63) is 47.8 Å². The van der Waals surface area contributed by atoms with Crippen molar-refractivity contribution in [2.24, 2.45) is 0 Å². The maximum Gasteiger partial charge on any atom is 0.325 e. The molecule has 10 nitrogen and oxygen atoms in total. The summed E-state index contributed by atoms with van der Waals surface area (Å²) >= 11 is 1.18. The quantitative estimate of drug-likeness (QED) is 0.581. The number of carbonyl (C=O) groups is 2. The molecule has 160 valence electrons. The van der Waals surface area contributed by atoms with Crippen LogP contribution in [-0.2, 0) is 4.79 Å². The van der Waals surface area contributed by atoms with Gasteiger partial charge >= 0.3 is 6.03 Å². The molecule has 0 unspecified atom stereocenters. The van der Waals surface area contributed by atoms with E-state index in [1.165, 1.54) is 11.8 Å². The number of fused-ring (bicyclic) bond motifs is 1. The molecule has 3 heterocycles. The summed E-state index contributed by atoms with van der Waals surface area (Å²) in [5.74, 6) is 1.33. The van der Waals surface area contributed by atoms with Crippen LogP contribution in [0.4, 0.5) is 10.5 Å². The van der Waals surface area contributed by atoms with E-state index in [0.29, 0.717) is 41.2 Å². The Morgan fingerprint density at radius 1 is 1.06 bits per heavy atom. The van der Waals surface area contributed by atoms with E-state index in [1.807, 2.05) is 19.9 Å². The predicted molar refractivity (Wildman–Crippen MR) is 114 cm³/mol. The first-order valence-corrected chi connectivity index (χ1v) is 10.5. The summed E-state index contributed by atoms with van der Waals surface area (Å²) < 4.78 is 12.6. The van der Waals surface area contributed by atoms with Crippen molar-refractivity contribution in [2.75, 3.05) is 24.3 Å². The molecule has 31 heavy (non-hydrogen) atoms. The molecule has 0 saturated carbocycles. The van der Waals surface area contributed by atoms with Crippen molar-refractivity contribution >= 4 is 29.4 Å². The number of urea groups is 1. The van der Waals surface area contributed by atoms with Crippen LogP contribution in [-0.4, -0.2) is 50.9 Å². The number of nitrogens with one attached hydrogen (secondary N) is 2. The number of aryl methyl sites for hydroxylation is 2. The summed E-state index contributed by atoms with van der Waals surface area (Å²) in [7, 11) is 0. The number of rotatable bonds is 5. The van der Waals surface area contributed by atoms with Crippen molar-refractivity contribution in [3.8, 4) is 17.3 Å². The smallest absolute Gasteiger partial charge is 0.325 e. The number of nitrogens with zero attached hydrogens (tertiary/aromatic N) is 4. The van der Waals surface area contributed by atoms with Crippen LogP contribution >= 0.6 is 11.8 Å². The first kappa shape index (κ1) is 20.7. The van der Waals surface area contributed by atoms with Crippen molar-refractivity contribution in [3.63, 3.8) is 0 Å². The van der Waals surface area contributed by atoms with Gasteiger partial charge in [0, 0.05) is 17.4 Å². The maximum atomic E-state index is 12.1. The van der Waals surface area contributed by atoms with Crippen molar-refractivity contribution in [1.29, 1.82) is 0 Å². The number of thioether (sulfide) groups is 1. The van der Waals surface area contributed by atoms with Crippen molar-refractivity contribution in [2.45, 2.75) is 18.9 Å². The van der Waals surface area contributed by atoms with E-state index in [0.717, 1.165) is 11.4 Å². The second kappa shape index (κ2) is 9.04. The highest BCUT2D eigenvalue weighted by Crippen LogP contribution is 2.32. The van der Waals surface area contributed by atoms with Gasteiger partial charge in [-0.2, -0.15) is 5.10 Å². The van der Waals surface area contributed by atoms with Crippen molar-refractivity contribution in [1.82, 2.24) is 25.3 Å². The molecular weight excluding hydrogens is 420 g/mol. The Morgan fingerprint density at radius 3 is 2.58 bits per heavy atom. The van der Waals surface area contributed by atoms with Gasteiger partial charge in [0.05, 0.1) is 11.4 Å². The fourth-order valence-electron chi connectivity index (χ4n) is 2.95. The highest BCUT2D eigenvalue weighted by Gasteiger charge is 2.14. The zero-order valence-corrected chi connectivity index (χ0v) is 17.7. The van der Waals surface area contributed by atoms with Crippen LogP contribution in [0.25, 0.3) is 5.82 Å². The number of carbonyl (C=O) groups excluding carboxylic acids is 2. The topological polar surface area (TPSA) is 120 Å². The number of benzene rings is 1. The number of ether oxygens (including phenoxy) is 2. The maximum absolute atomic E-state index is 12.1. The number of hydrogen-bond acceptors (Lipinski definition) is 8. The van der Waals surface area contributed by atoms with E-state index in [-0.39, 0.29) is 5.75 Å². The largest absolute Gasteiger partial charge is 0.486 e. The third-order valence-electron chi connectivity index (χ3n) is 4.26. The molecule has 0 fully saturated rings. The van der Waals surface area contributed by atoms with E-state index < -0.39 is 11.9 Å². The fourth-order valence-corrected chi connectivity index (χ4v) is 3.56. The van der Waals surface area contributed by atoms with E-state index in [4.69, 9.17) is 9.47 Å². The summed E-state index contributed by atoms with van der Waals surface area (Å²) in [5.41, 5.74) is 2.34. The highest BCUT2D eigenvalue weighted by molar-refractivity contribution is 7.99. The van der Waals surface area contributed by atoms with Crippen LogP contribution < -0.4 is 20.1 Å². The second-order valence-electron chi connectivity index (χ2n) is 6.72. The van der Waals surface area contributed by atoms with Crippen LogP contribution in [0.3, 0.4) is 0 Å². The molecule has 2 aromatic heterocycles. The summed E-state index contributed by atoms with van der Waals surface area (Å²) in [6.45, 7) is 4.78. The van der Waals surface area contributed by atoms with Crippen LogP contribution in [0.2, 0.25) is 0 Å². The lowest BCUT2D eigenvalue weighted by molar-refractivity contribution is -0.117. The molecule has 3 aromatic rings. The van der Waals surface area contributed by atoms with Gasteiger partial charge in [-0.25, -0.2) is 9.48 Å². The van der Waals surface area contributed by atoms with Crippen LogP contribution in [0.1, 0.15) is 11.4 Å². The number of amides is 3. The normalized spacial score (nSPS) is 12.3. The molecule has 0 spiro atoms. The van der Waals surface area contributed by atoms with Crippen LogP contribution in [0.5, 0.6) is 11.5 Å². The second-order valence-corrected chi connectivity index (χ2v) is 7.71. The first-order chi connectivity index (χ1) is 15.0. The molecule has 1 aliphatic heterocycles. The fraction of sp³-hybridized carbons (Fsp3) is 0.250. The zero-order chi connectivity index (χ0) is 21.8. The average Bonchev–Trinajstić information content (AvgIpc) is 3.10. The third kappa shape index (κ3) is 5.12. The molecule has 11 heteroatoms. The lowest BCUT2D eigenvalue weighted by Crippen LogP contribution is -2.35. The van der Waals surface area contributed by atoms with Gasteiger partial charge in [0.25, 0.3) is 0 Å². The first-order valence-electron chi connectivity index (χ1n) is 9.48. The summed E-state index contributed by atoms with van der Waals surface area (Å²) in [5, 5.41) is 18.1. The molecule has 0 saturated heterocycles. The highest BCUT2D eigenvalue weighted by atomic mass is 32.2. The molecule has 2 N–H and O–H groups in total. The Labute approximate surface area is 182 Å². The Hall–Kier alpha value is -3.60. The Morgan fingerprint density at radius 2 is 1.87 bits per heavy atom. The van der Waals surface area contributed by atoms with Crippen molar-refractivity contribution < 1.29 is 19.1 Å². The van der Waals surface area contributed by atoms with Gasteiger partial charge in [-0.3, -0.25) is 10.1 Å². The number of aromatic nitrogens is 4. The van der Waals surface area contributed by atoms with Gasteiger partial charge in [-0.05, 0) is 44.2 Å². The monoisotopic (exact) mass is 440 g/mol. The number of hydrogen-bond donors (Lipinski definition) is 2. The molecule has 1 aromatic carbocycles. The summed E-state index contributed by atoms with van der Waals surface area (Å²) in [6.07, 6.45) is 0. The molecule has 3 amide bonds. The standard InChI is InChI=1S/C20H20N6O4S/c1-12-9-13(2)26(25-12)17-5-6-19(24-23-17)31-11-18(27)22-20(28)21-14-3-4-15-16(10-14)30-8-7-29-15/h3-6,9-10H,7-8,11H2,1-2H3,(H2,21,22,27,28). The predicted octanol–water partition coefficient (Wildman–Crippen LogP) is 2.49. The van der Waals surface area contributed by atoms with Gasteiger partial charge in [0.2, 0.25) is 5.91 Å². The van der Waals surface area contributed by atoms with Gasteiger partial charge in [-0.15, -0.1) is 10.2 Å². The van der Waals surface area contributed by atoms with Gasteiger partial charge in [0.1, 0.15) is 18.2 Å². The van der Waals surface area contributed by atoms with Gasteiger partial charge < -0.3 is 14.8 Å². The van der Waals surface area contributed by atoms with E-state index in [2.05, 4.69) is 25.9 Å². The Bertz CT molecular complexity index is 1120. The zero-order valence-electron chi connectivity index (χ0n) is 16.9. The summed E-state index contributed by atoms with van der Waals surface area (Å²) in [6, 6.07) is 9.88. The minimum Gasteiger partial charge on any atom is -0.486 e. The number of anilines is 1. The van der Waals surface area contributed by atoms with Gasteiger partial charge in [0.15, 0.2) is 17.3 Å². The summed E-state index contributed by atoms with van der Waals surface area (Å²) in [4.78, 5) is 24.2. The lowest BCUT2D eigenvalue weighted by atomic mass is 10.2. The minimum absolute atomic E-state index is 0.0164. The lowest BCUT2D eigenvalue weighted by Gasteiger charge is -2.19. The molecule has 0 radical (unpaired) electrons. The van der Waals surface area contributed by atoms with E-state index in [1.54, 1.807) is 35.0 Å². The molecule has 1 aliphatic rings. The van der Waals surface area contributed by atoms with E-state index >= 15 is 0 Å². The molecule has 0 atom stereocenters. The Balaban J connectivity index is 1.27. The number of imide groups is 1. The SMILES string of the molecule is Cc1cc(C)n(-c2ccc(SCC(=O)NC(=O)Nc3ccc4c(c3)OCCO4)nn2)n1. The van der Waals surface area contributed by atoms with Crippen LogP contribution in [0.15, 0.2) is 41.4 Å². The molecule has 0 bridgehead atoms. The van der Waals surface area contributed by atoms with Crippen LogP contribution in [0, 0.1) is 13.8 Å². The molecule has 4 rings (SSSR count). The third-order valence-corrected chi connectivity index (χ3v) is 5.18. The average molecular weight is 440 g/mol.